The Morgan fingerprint density at radius 2 is 1.94 bits per heavy atom. The Morgan fingerprint density at radius 3 is 2.33 bits per heavy atom. The molecule has 18 heavy (non-hydrogen) atoms. The molecule has 0 fully saturated rings. The molecule has 0 aliphatic heterocycles. The van der Waals surface area contributed by atoms with E-state index in [0.717, 1.165) is 0 Å². The molecule has 6 nitrogen and oxygen atoms in total. The molecule has 102 valence electrons. The molecule has 1 amide bonds. The molecule has 0 spiro atoms. The molecule has 0 heterocycles. The second kappa shape index (κ2) is 9.45. The van der Waals surface area contributed by atoms with Crippen molar-refractivity contribution in [1.29, 1.82) is 5.26 Å². The van der Waals surface area contributed by atoms with Gasteiger partial charge in [0.05, 0.1) is 13.2 Å². The van der Waals surface area contributed by atoms with Crippen LogP contribution in [0.4, 0.5) is 0 Å². The number of rotatable bonds is 8. The first-order valence-electron chi connectivity index (χ1n) is 5.91. The Kier molecular flexibility index (Phi) is 8.62. The van der Waals surface area contributed by atoms with Gasteiger partial charge in [0.25, 0.3) is 5.91 Å². The van der Waals surface area contributed by atoms with Crippen molar-refractivity contribution in [2.75, 3.05) is 32.8 Å². The number of hydrogen-bond acceptors (Lipinski definition) is 5. The van der Waals surface area contributed by atoms with Gasteiger partial charge < -0.3 is 20.4 Å². The highest BCUT2D eigenvalue weighted by molar-refractivity contribution is 5.97. The van der Waals surface area contributed by atoms with Gasteiger partial charge >= 0.3 is 0 Å². The third kappa shape index (κ3) is 6.23. The second-order valence-electron chi connectivity index (χ2n) is 4.21. The first kappa shape index (κ1) is 16.4. The van der Waals surface area contributed by atoms with Crippen molar-refractivity contribution in [3.8, 4) is 6.07 Å². The fraction of sp³-hybridized carbons (Fsp3) is 0.667. The van der Waals surface area contributed by atoms with Gasteiger partial charge in [0.2, 0.25) is 0 Å². The maximum Gasteiger partial charge on any atom is 0.266 e. The van der Waals surface area contributed by atoms with Crippen LogP contribution in [0, 0.1) is 17.2 Å². The lowest BCUT2D eigenvalue weighted by Crippen LogP contribution is -2.37. The van der Waals surface area contributed by atoms with Crippen molar-refractivity contribution in [2.24, 2.45) is 5.92 Å². The molecule has 0 bridgehead atoms. The van der Waals surface area contributed by atoms with E-state index in [9.17, 15) is 4.79 Å². The number of amides is 1. The minimum absolute atomic E-state index is 0.0300. The van der Waals surface area contributed by atoms with Crippen LogP contribution in [0.15, 0.2) is 11.8 Å². The minimum atomic E-state index is -0.489. The molecule has 0 aliphatic carbocycles. The monoisotopic (exact) mass is 255 g/mol. The molecule has 0 aromatic heterocycles. The van der Waals surface area contributed by atoms with Crippen molar-refractivity contribution < 1.29 is 15.0 Å². The van der Waals surface area contributed by atoms with Crippen LogP contribution in [0.1, 0.15) is 13.8 Å². The van der Waals surface area contributed by atoms with E-state index in [1.54, 1.807) is 0 Å². The zero-order valence-electron chi connectivity index (χ0n) is 10.9. The van der Waals surface area contributed by atoms with Crippen LogP contribution < -0.4 is 5.32 Å². The van der Waals surface area contributed by atoms with Gasteiger partial charge in [0.1, 0.15) is 11.6 Å². The third-order valence-corrected chi connectivity index (χ3v) is 2.15. The number of nitrogens with one attached hydrogen (secondary N) is 1. The van der Waals surface area contributed by atoms with Crippen molar-refractivity contribution in [3.63, 3.8) is 0 Å². The summed E-state index contributed by atoms with van der Waals surface area (Å²) in [6.07, 6.45) is 1.38. The zero-order valence-corrected chi connectivity index (χ0v) is 10.9. The lowest BCUT2D eigenvalue weighted by atomic mass is 10.2. The van der Waals surface area contributed by atoms with Crippen molar-refractivity contribution in [2.45, 2.75) is 13.8 Å². The maximum absolute atomic E-state index is 11.9. The van der Waals surface area contributed by atoms with Crippen LogP contribution in [0.25, 0.3) is 0 Å². The van der Waals surface area contributed by atoms with E-state index >= 15 is 0 Å². The van der Waals surface area contributed by atoms with Crippen molar-refractivity contribution in [3.05, 3.63) is 11.8 Å². The fourth-order valence-corrected chi connectivity index (χ4v) is 1.27. The van der Waals surface area contributed by atoms with E-state index in [0.29, 0.717) is 12.5 Å². The molecule has 0 aliphatic rings. The first-order chi connectivity index (χ1) is 8.56. The normalized spacial score (nSPS) is 11.2. The Balaban J connectivity index is 4.61. The lowest BCUT2D eigenvalue weighted by molar-refractivity contribution is -0.127. The lowest BCUT2D eigenvalue weighted by Gasteiger charge is -2.20. The molecule has 0 saturated carbocycles. The van der Waals surface area contributed by atoms with Gasteiger partial charge in [-0.15, -0.1) is 0 Å². The Labute approximate surface area is 108 Å². The van der Waals surface area contributed by atoms with Gasteiger partial charge in [-0.3, -0.25) is 4.79 Å². The van der Waals surface area contributed by atoms with Gasteiger partial charge in [-0.05, 0) is 5.92 Å². The number of carbonyl (C=O) groups is 1. The van der Waals surface area contributed by atoms with E-state index < -0.39 is 5.91 Å². The molecule has 3 N–H and O–H groups in total. The summed E-state index contributed by atoms with van der Waals surface area (Å²) in [5, 5.41) is 29.5. The number of aliphatic hydroxyl groups excluding tert-OH is 2. The molecule has 0 rings (SSSR count). The van der Waals surface area contributed by atoms with E-state index in [-0.39, 0.29) is 31.9 Å². The van der Waals surface area contributed by atoms with Crippen LogP contribution in [-0.4, -0.2) is 53.9 Å². The maximum atomic E-state index is 11.9. The molecular weight excluding hydrogens is 234 g/mol. The predicted octanol–water partition coefficient (Wildman–Crippen LogP) is -0.547. The average Bonchev–Trinajstić information content (AvgIpc) is 2.33. The quantitative estimate of drug-likeness (QED) is 0.399. The minimum Gasteiger partial charge on any atom is -0.395 e. The summed E-state index contributed by atoms with van der Waals surface area (Å²) in [5.41, 5.74) is -0.0300. The summed E-state index contributed by atoms with van der Waals surface area (Å²) in [6.45, 7) is 4.48. The zero-order chi connectivity index (χ0) is 14.0. The highest BCUT2D eigenvalue weighted by Gasteiger charge is 2.17. The first-order valence-corrected chi connectivity index (χ1v) is 5.91. The van der Waals surface area contributed by atoms with Crippen LogP contribution in [0.5, 0.6) is 0 Å². The van der Waals surface area contributed by atoms with Crippen LogP contribution in [0.3, 0.4) is 0 Å². The fourth-order valence-electron chi connectivity index (χ4n) is 1.27. The highest BCUT2D eigenvalue weighted by atomic mass is 16.3. The molecule has 6 heteroatoms. The van der Waals surface area contributed by atoms with Gasteiger partial charge in [-0.1, -0.05) is 13.8 Å². The molecule has 0 atom stereocenters. The van der Waals surface area contributed by atoms with Crippen LogP contribution in [-0.2, 0) is 4.79 Å². The molecular formula is C12H21N3O3. The standard InChI is InChI=1S/C12H21N3O3/c1-10(2)8-14-9-11(7-13)12(18)15(3-5-16)4-6-17/h9-10,14,16-17H,3-6,8H2,1-2H3/b11-9-. The molecule has 0 saturated heterocycles. The van der Waals surface area contributed by atoms with Crippen LogP contribution in [0.2, 0.25) is 0 Å². The summed E-state index contributed by atoms with van der Waals surface area (Å²) in [7, 11) is 0. The number of nitrogens with zero attached hydrogens (tertiary/aromatic N) is 2. The van der Waals surface area contributed by atoms with E-state index in [1.165, 1.54) is 11.1 Å². The summed E-state index contributed by atoms with van der Waals surface area (Å²) in [5.74, 6) is -0.0841. The van der Waals surface area contributed by atoms with Gasteiger partial charge in [0.15, 0.2) is 0 Å². The summed E-state index contributed by atoms with van der Waals surface area (Å²) in [4.78, 5) is 13.1. The number of hydrogen-bond donors (Lipinski definition) is 3. The number of nitriles is 1. The number of aliphatic hydroxyl groups is 2. The van der Waals surface area contributed by atoms with Crippen molar-refractivity contribution in [1.82, 2.24) is 10.2 Å². The Bertz CT molecular complexity index is 315. The number of carbonyl (C=O) groups excluding carboxylic acids is 1. The Morgan fingerprint density at radius 1 is 1.39 bits per heavy atom. The smallest absolute Gasteiger partial charge is 0.266 e. The van der Waals surface area contributed by atoms with Gasteiger partial charge in [-0.2, -0.15) is 5.26 Å². The Hall–Kier alpha value is -1.58. The molecule has 0 radical (unpaired) electrons. The molecule has 0 unspecified atom stereocenters. The average molecular weight is 255 g/mol. The van der Waals surface area contributed by atoms with Crippen LogP contribution >= 0.6 is 0 Å². The van der Waals surface area contributed by atoms with Crippen molar-refractivity contribution >= 4 is 5.91 Å². The topological polar surface area (TPSA) is 96.6 Å². The second-order valence-corrected chi connectivity index (χ2v) is 4.21. The molecule has 0 aromatic carbocycles. The third-order valence-electron chi connectivity index (χ3n) is 2.15. The summed E-state index contributed by atoms with van der Waals surface area (Å²) in [6, 6.07) is 1.82. The van der Waals surface area contributed by atoms with E-state index in [4.69, 9.17) is 15.5 Å². The SMILES string of the molecule is CC(C)CN/C=C(/C#N)C(=O)N(CCO)CCO. The summed E-state index contributed by atoms with van der Waals surface area (Å²) < 4.78 is 0. The molecule has 0 aromatic rings. The van der Waals surface area contributed by atoms with E-state index in [2.05, 4.69) is 5.32 Å². The van der Waals surface area contributed by atoms with Gasteiger partial charge in [-0.25, -0.2) is 0 Å². The summed E-state index contributed by atoms with van der Waals surface area (Å²) >= 11 is 0. The highest BCUT2D eigenvalue weighted by Crippen LogP contribution is 2.00. The van der Waals surface area contributed by atoms with E-state index in [1.807, 2.05) is 19.9 Å². The van der Waals surface area contributed by atoms with Gasteiger partial charge in [0, 0.05) is 25.8 Å². The largest absolute Gasteiger partial charge is 0.395 e. The predicted molar refractivity (Wildman–Crippen MR) is 67.3 cm³/mol.